The number of hydrogen-bond acceptors (Lipinski definition) is 4. The Bertz CT molecular complexity index is 516. The van der Waals surface area contributed by atoms with Crippen LogP contribution in [0.4, 0.5) is 5.69 Å². The Balaban J connectivity index is 2.81. The molecular weight excluding hydrogens is 373 g/mol. The quantitative estimate of drug-likeness (QED) is 0.442. The van der Waals surface area contributed by atoms with Crippen LogP contribution in [0.3, 0.4) is 0 Å². The molecule has 6 nitrogen and oxygen atoms in total. The number of nitrogens with zero attached hydrogens (tertiary/aromatic N) is 1. The van der Waals surface area contributed by atoms with E-state index >= 15 is 0 Å². The van der Waals surface area contributed by atoms with E-state index in [1.54, 1.807) is 0 Å². The zero-order valence-electron chi connectivity index (χ0n) is 11.5. The molecule has 3 N–H and O–H groups in total. The smallest absolute Gasteiger partial charge is 0.270 e. The first-order valence-electron chi connectivity index (χ1n) is 6.34. The lowest BCUT2D eigenvalue weighted by Gasteiger charge is -2.26. The number of nitro benzene ring substituents is 1. The summed E-state index contributed by atoms with van der Waals surface area (Å²) in [5.74, 6) is -0.263. The van der Waals surface area contributed by atoms with Gasteiger partial charge in [0.25, 0.3) is 11.6 Å². The zero-order chi connectivity index (χ0) is 15.3. The standard InChI is InChI=1S/C13H18IN3O3/c1-3-13(15,4-2)8-16-12(18)10-6-5-9(17(19)20)7-11(10)14/h5-7H,3-4,8,15H2,1-2H3,(H,16,18). The number of rotatable bonds is 6. The summed E-state index contributed by atoms with van der Waals surface area (Å²) in [6, 6.07) is 4.17. The Kier molecular flexibility index (Phi) is 5.88. The van der Waals surface area contributed by atoms with Crippen LogP contribution < -0.4 is 11.1 Å². The molecule has 0 radical (unpaired) electrons. The molecule has 0 aliphatic carbocycles. The second-order valence-corrected chi connectivity index (χ2v) is 5.84. The maximum absolute atomic E-state index is 12.1. The third-order valence-electron chi connectivity index (χ3n) is 3.42. The van der Waals surface area contributed by atoms with Gasteiger partial charge in [0, 0.05) is 27.8 Å². The number of carbonyl (C=O) groups excluding carboxylic acids is 1. The van der Waals surface area contributed by atoms with Crippen molar-refractivity contribution in [2.24, 2.45) is 5.73 Å². The predicted molar refractivity (Wildman–Crippen MR) is 85.6 cm³/mol. The molecule has 1 rings (SSSR count). The number of nitro groups is 1. The Morgan fingerprint density at radius 2 is 2.05 bits per heavy atom. The Morgan fingerprint density at radius 1 is 1.45 bits per heavy atom. The minimum absolute atomic E-state index is 0.0266. The number of non-ortho nitro benzene ring substituents is 1. The molecular formula is C13H18IN3O3. The van der Waals surface area contributed by atoms with Crippen LogP contribution in [-0.2, 0) is 0 Å². The van der Waals surface area contributed by atoms with Crippen molar-refractivity contribution in [3.63, 3.8) is 0 Å². The molecule has 0 heterocycles. The van der Waals surface area contributed by atoms with Gasteiger partial charge in [0.1, 0.15) is 0 Å². The molecule has 0 aliphatic rings. The lowest BCUT2D eigenvalue weighted by atomic mass is 9.94. The maximum Gasteiger partial charge on any atom is 0.270 e. The molecule has 110 valence electrons. The molecule has 20 heavy (non-hydrogen) atoms. The lowest BCUT2D eigenvalue weighted by Crippen LogP contribution is -2.49. The Labute approximate surface area is 131 Å². The van der Waals surface area contributed by atoms with E-state index in [0.717, 1.165) is 12.8 Å². The maximum atomic E-state index is 12.1. The number of amides is 1. The van der Waals surface area contributed by atoms with Gasteiger partial charge in [-0.05, 0) is 41.5 Å². The van der Waals surface area contributed by atoms with E-state index in [1.165, 1.54) is 18.2 Å². The average Bonchev–Trinajstić information content (AvgIpc) is 2.44. The first-order chi connectivity index (χ1) is 9.33. The van der Waals surface area contributed by atoms with Gasteiger partial charge in [-0.15, -0.1) is 0 Å². The van der Waals surface area contributed by atoms with Crippen molar-refractivity contribution in [3.05, 3.63) is 37.4 Å². The fourth-order valence-corrected chi connectivity index (χ4v) is 2.40. The molecule has 0 fully saturated rings. The van der Waals surface area contributed by atoms with Gasteiger partial charge in [0.05, 0.1) is 10.5 Å². The summed E-state index contributed by atoms with van der Waals surface area (Å²) in [5, 5.41) is 13.4. The van der Waals surface area contributed by atoms with Gasteiger partial charge in [0.2, 0.25) is 0 Å². The average molecular weight is 391 g/mol. The summed E-state index contributed by atoms with van der Waals surface area (Å²) >= 11 is 1.92. The van der Waals surface area contributed by atoms with Gasteiger partial charge < -0.3 is 11.1 Å². The van der Waals surface area contributed by atoms with Crippen molar-refractivity contribution in [2.45, 2.75) is 32.2 Å². The normalized spacial score (nSPS) is 11.2. The van der Waals surface area contributed by atoms with Gasteiger partial charge in [-0.1, -0.05) is 13.8 Å². The molecule has 1 aromatic rings. The number of hydrogen-bond donors (Lipinski definition) is 2. The van der Waals surface area contributed by atoms with Gasteiger partial charge in [-0.2, -0.15) is 0 Å². The van der Waals surface area contributed by atoms with Crippen molar-refractivity contribution in [3.8, 4) is 0 Å². The number of carbonyl (C=O) groups is 1. The zero-order valence-corrected chi connectivity index (χ0v) is 13.6. The van der Waals surface area contributed by atoms with Crippen molar-refractivity contribution < 1.29 is 9.72 Å². The van der Waals surface area contributed by atoms with Crippen LogP contribution in [0.1, 0.15) is 37.0 Å². The fourth-order valence-electron chi connectivity index (χ4n) is 1.65. The highest BCUT2D eigenvalue weighted by Gasteiger charge is 2.22. The summed E-state index contributed by atoms with van der Waals surface area (Å²) in [6.07, 6.45) is 1.53. The first kappa shape index (κ1) is 16.8. The molecule has 0 aromatic heterocycles. The molecule has 0 saturated heterocycles. The topological polar surface area (TPSA) is 98.3 Å². The molecule has 7 heteroatoms. The summed E-state index contributed by atoms with van der Waals surface area (Å²) in [7, 11) is 0. The molecule has 0 atom stereocenters. The molecule has 1 amide bonds. The second-order valence-electron chi connectivity index (χ2n) is 4.67. The van der Waals surface area contributed by atoms with Crippen molar-refractivity contribution in [2.75, 3.05) is 6.54 Å². The summed E-state index contributed by atoms with van der Waals surface area (Å²) < 4.78 is 0.546. The highest BCUT2D eigenvalue weighted by molar-refractivity contribution is 14.1. The van der Waals surface area contributed by atoms with Crippen LogP contribution in [0.15, 0.2) is 18.2 Å². The number of benzene rings is 1. The second kappa shape index (κ2) is 6.98. The Morgan fingerprint density at radius 3 is 2.50 bits per heavy atom. The minimum Gasteiger partial charge on any atom is -0.350 e. The van der Waals surface area contributed by atoms with Crippen LogP contribution >= 0.6 is 22.6 Å². The van der Waals surface area contributed by atoms with E-state index < -0.39 is 10.5 Å². The number of nitrogens with one attached hydrogen (secondary N) is 1. The van der Waals surface area contributed by atoms with Gasteiger partial charge in [0.15, 0.2) is 0 Å². The van der Waals surface area contributed by atoms with Crippen molar-refractivity contribution >= 4 is 34.2 Å². The highest BCUT2D eigenvalue weighted by atomic mass is 127. The largest absolute Gasteiger partial charge is 0.350 e. The SMILES string of the molecule is CCC(N)(CC)CNC(=O)c1ccc([N+](=O)[O-])cc1I. The third kappa shape index (κ3) is 4.14. The third-order valence-corrected chi connectivity index (χ3v) is 4.31. The van der Waals surface area contributed by atoms with E-state index in [0.29, 0.717) is 15.7 Å². The van der Waals surface area contributed by atoms with Crippen LogP contribution in [0.25, 0.3) is 0 Å². The van der Waals surface area contributed by atoms with Crippen LogP contribution in [-0.4, -0.2) is 22.9 Å². The van der Waals surface area contributed by atoms with Crippen LogP contribution in [0.2, 0.25) is 0 Å². The Hall–Kier alpha value is -1.22. The van der Waals surface area contributed by atoms with Gasteiger partial charge in [-0.3, -0.25) is 14.9 Å². The van der Waals surface area contributed by atoms with E-state index in [9.17, 15) is 14.9 Å². The van der Waals surface area contributed by atoms with E-state index in [2.05, 4.69) is 5.32 Å². The van der Waals surface area contributed by atoms with E-state index in [-0.39, 0.29) is 11.6 Å². The van der Waals surface area contributed by atoms with Crippen molar-refractivity contribution in [1.29, 1.82) is 0 Å². The fraction of sp³-hybridized carbons (Fsp3) is 0.462. The van der Waals surface area contributed by atoms with E-state index in [1.807, 2.05) is 36.4 Å². The first-order valence-corrected chi connectivity index (χ1v) is 7.42. The lowest BCUT2D eigenvalue weighted by molar-refractivity contribution is -0.384. The van der Waals surface area contributed by atoms with Crippen LogP contribution in [0.5, 0.6) is 0 Å². The molecule has 1 aromatic carbocycles. The summed E-state index contributed by atoms with van der Waals surface area (Å²) in [4.78, 5) is 22.3. The molecule has 0 aliphatic heterocycles. The molecule has 0 saturated carbocycles. The summed E-state index contributed by atoms with van der Waals surface area (Å²) in [5.41, 5.74) is 6.10. The molecule has 0 unspecified atom stereocenters. The number of halogens is 1. The van der Waals surface area contributed by atoms with Gasteiger partial charge >= 0.3 is 0 Å². The predicted octanol–water partition coefficient (Wildman–Crippen LogP) is 2.45. The van der Waals surface area contributed by atoms with Crippen molar-refractivity contribution in [1.82, 2.24) is 5.32 Å². The molecule has 0 bridgehead atoms. The van der Waals surface area contributed by atoms with Crippen LogP contribution in [0, 0.1) is 13.7 Å². The minimum atomic E-state index is -0.483. The summed E-state index contributed by atoms with van der Waals surface area (Å²) in [6.45, 7) is 4.34. The van der Waals surface area contributed by atoms with Gasteiger partial charge in [-0.25, -0.2) is 0 Å². The van der Waals surface area contributed by atoms with E-state index in [4.69, 9.17) is 5.73 Å². The number of nitrogens with two attached hydrogens (primary N) is 1. The monoisotopic (exact) mass is 391 g/mol. The highest BCUT2D eigenvalue weighted by Crippen LogP contribution is 2.20. The molecule has 0 spiro atoms.